The van der Waals surface area contributed by atoms with Gasteiger partial charge in [0.1, 0.15) is 0 Å². The lowest BCUT2D eigenvalue weighted by atomic mass is 10.2. The van der Waals surface area contributed by atoms with Crippen molar-refractivity contribution in [1.82, 2.24) is 0 Å². The summed E-state index contributed by atoms with van der Waals surface area (Å²) in [6.07, 6.45) is 2.66. The van der Waals surface area contributed by atoms with Crippen LogP contribution in [-0.4, -0.2) is 31.4 Å². The molecule has 92 valence electrons. The topological polar surface area (TPSA) is 44.6 Å². The van der Waals surface area contributed by atoms with Crippen LogP contribution >= 0.6 is 11.8 Å². The third-order valence-corrected chi connectivity index (χ3v) is 4.21. The molecule has 1 aromatic rings. The molecule has 0 spiro atoms. The second kappa shape index (κ2) is 6.07. The Bertz CT molecular complexity index is 389. The van der Waals surface area contributed by atoms with E-state index in [1.807, 2.05) is 12.1 Å². The molecule has 0 aromatic heterocycles. The van der Waals surface area contributed by atoms with E-state index in [4.69, 9.17) is 0 Å². The first-order valence-corrected chi connectivity index (χ1v) is 7.02. The van der Waals surface area contributed by atoms with Crippen molar-refractivity contribution in [3.05, 3.63) is 29.8 Å². The standard InChI is InChI=1S/C13H17NO2S/c15-13(16)11-5-1-2-6-12(11)17-10-9-14-7-3-4-8-14/h1-2,5-6H,3-4,7-10H2,(H,15,16). The maximum absolute atomic E-state index is 10.9. The van der Waals surface area contributed by atoms with Gasteiger partial charge in [0.15, 0.2) is 0 Å². The summed E-state index contributed by atoms with van der Waals surface area (Å²) in [5.41, 5.74) is 0.314. The summed E-state index contributed by atoms with van der Waals surface area (Å²) in [5, 5.41) is 10.9. The summed E-state index contributed by atoms with van der Waals surface area (Å²) in [7, 11) is 0. The minimum absolute atomic E-state index is 0.314. The van der Waals surface area contributed by atoms with Crippen molar-refractivity contribution in [2.45, 2.75) is 17.7 Å². The fraction of sp³-hybridized carbons (Fsp3) is 0.462. The molecule has 0 amide bonds. The van der Waals surface area contributed by atoms with Crippen LogP contribution in [0.3, 0.4) is 0 Å². The second-order valence-corrected chi connectivity index (χ2v) is 5.48. The summed E-state index contributed by atoms with van der Waals surface area (Å²) in [6.45, 7) is 3.65. The Hall–Kier alpha value is -1.00. The van der Waals surface area contributed by atoms with Crippen molar-refractivity contribution in [1.29, 1.82) is 0 Å². The van der Waals surface area contributed by atoms with Gasteiger partial charge in [0.05, 0.1) is 25.6 Å². The molecule has 1 aromatic carbocycles. The van der Waals surface area contributed by atoms with Gasteiger partial charge in [-0.3, -0.25) is 0 Å². The minimum atomic E-state index is -1.08. The maximum atomic E-state index is 10.9. The lowest BCUT2D eigenvalue weighted by molar-refractivity contribution is -0.884. The van der Waals surface area contributed by atoms with Gasteiger partial charge in [-0.15, -0.1) is 11.8 Å². The van der Waals surface area contributed by atoms with Gasteiger partial charge in [0.2, 0.25) is 0 Å². The minimum Gasteiger partial charge on any atom is -0.545 e. The lowest BCUT2D eigenvalue weighted by Gasteiger charge is -2.13. The van der Waals surface area contributed by atoms with Crippen LogP contribution in [0.1, 0.15) is 23.2 Å². The van der Waals surface area contributed by atoms with Crippen molar-refractivity contribution in [3.63, 3.8) is 0 Å². The summed E-state index contributed by atoms with van der Waals surface area (Å²) in [5.74, 6) is -0.110. The Labute approximate surface area is 106 Å². The van der Waals surface area contributed by atoms with Crippen LogP contribution in [0.2, 0.25) is 0 Å². The zero-order valence-corrected chi connectivity index (χ0v) is 10.6. The van der Waals surface area contributed by atoms with Gasteiger partial charge >= 0.3 is 0 Å². The maximum Gasteiger partial charge on any atom is 0.0866 e. The van der Waals surface area contributed by atoms with Gasteiger partial charge in [-0.1, -0.05) is 18.2 Å². The molecule has 17 heavy (non-hydrogen) atoms. The number of likely N-dealkylation sites (tertiary alicyclic amines) is 1. The Morgan fingerprint density at radius 2 is 2.00 bits per heavy atom. The average molecular weight is 251 g/mol. The molecule has 4 heteroatoms. The number of carboxylic acids is 1. The second-order valence-electron chi connectivity index (χ2n) is 4.34. The first-order chi connectivity index (χ1) is 8.27. The highest BCUT2D eigenvalue weighted by Gasteiger charge is 2.14. The number of carbonyl (C=O) groups is 1. The van der Waals surface area contributed by atoms with Crippen LogP contribution in [0.25, 0.3) is 0 Å². The van der Waals surface area contributed by atoms with E-state index in [1.54, 1.807) is 28.8 Å². The van der Waals surface area contributed by atoms with Gasteiger partial charge in [0, 0.05) is 29.1 Å². The number of aromatic carboxylic acids is 1. The number of thioether (sulfide) groups is 1. The number of quaternary nitrogens is 1. The van der Waals surface area contributed by atoms with Crippen LogP contribution in [0, 0.1) is 0 Å². The number of rotatable bonds is 5. The zero-order valence-electron chi connectivity index (χ0n) is 9.78. The van der Waals surface area contributed by atoms with Crippen molar-refractivity contribution in [2.75, 3.05) is 25.4 Å². The van der Waals surface area contributed by atoms with Crippen LogP contribution in [0.5, 0.6) is 0 Å². The third kappa shape index (κ3) is 3.48. The van der Waals surface area contributed by atoms with Crippen molar-refractivity contribution in [3.8, 4) is 0 Å². The summed E-state index contributed by atoms with van der Waals surface area (Å²) < 4.78 is 0. The third-order valence-electron chi connectivity index (χ3n) is 3.13. The van der Waals surface area contributed by atoms with E-state index in [1.165, 1.54) is 25.9 Å². The number of nitrogens with one attached hydrogen (secondary N) is 1. The molecule has 0 bridgehead atoms. The van der Waals surface area contributed by atoms with Gasteiger partial charge in [-0.25, -0.2) is 0 Å². The van der Waals surface area contributed by atoms with Crippen LogP contribution in [-0.2, 0) is 0 Å². The molecule has 3 nitrogen and oxygen atoms in total. The van der Waals surface area contributed by atoms with Gasteiger partial charge in [0.25, 0.3) is 0 Å². The molecule has 1 N–H and O–H groups in total. The summed E-state index contributed by atoms with van der Waals surface area (Å²) in [4.78, 5) is 13.4. The molecule has 1 heterocycles. The zero-order chi connectivity index (χ0) is 12.1. The Balaban J connectivity index is 1.87. The smallest absolute Gasteiger partial charge is 0.0866 e. The summed E-state index contributed by atoms with van der Waals surface area (Å²) in [6, 6.07) is 7.08. The van der Waals surface area contributed by atoms with Crippen LogP contribution in [0.4, 0.5) is 0 Å². The normalized spacial score (nSPS) is 16.2. The number of hydrogen-bond donors (Lipinski definition) is 1. The molecule has 1 saturated heterocycles. The molecule has 1 fully saturated rings. The van der Waals surface area contributed by atoms with E-state index in [0.29, 0.717) is 5.56 Å². The average Bonchev–Trinajstić information content (AvgIpc) is 2.82. The van der Waals surface area contributed by atoms with Crippen molar-refractivity contribution >= 4 is 17.7 Å². The SMILES string of the molecule is O=C([O-])c1ccccc1SCC[NH+]1CCCC1. The molecule has 0 aliphatic carbocycles. The number of carbonyl (C=O) groups excluding carboxylic acids is 1. The van der Waals surface area contributed by atoms with Crippen LogP contribution < -0.4 is 10.0 Å². The number of hydrogen-bond acceptors (Lipinski definition) is 3. The largest absolute Gasteiger partial charge is 0.545 e. The number of benzene rings is 1. The van der Waals surface area contributed by atoms with E-state index in [0.717, 1.165) is 17.2 Å². The summed E-state index contributed by atoms with van der Waals surface area (Å²) >= 11 is 1.62. The van der Waals surface area contributed by atoms with Gasteiger partial charge in [-0.2, -0.15) is 0 Å². The first kappa shape index (κ1) is 12.5. The van der Waals surface area contributed by atoms with E-state index in [-0.39, 0.29) is 0 Å². The molecule has 2 rings (SSSR count). The van der Waals surface area contributed by atoms with Crippen LogP contribution in [0.15, 0.2) is 29.2 Å². The predicted octanol–water partition coefficient (Wildman–Crippen LogP) is -0.179. The molecular formula is C13H17NO2S. The number of carboxylic acid groups (broad SMARTS) is 1. The van der Waals surface area contributed by atoms with Crippen molar-refractivity contribution < 1.29 is 14.8 Å². The Kier molecular flexibility index (Phi) is 4.45. The quantitative estimate of drug-likeness (QED) is 0.739. The lowest BCUT2D eigenvalue weighted by Crippen LogP contribution is -3.10. The highest BCUT2D eigenvalue weighted by Crippen LogP contribution is 2.21. The Morgan fingerprint density at radius 1 is 1.29 bits per heavy atom. The van der Waals surface area contributed by atoms with E-state index in [9.17, 15) is 9.90 Å². The molecule has 0 unspecified atom stereocenters. The molecule has 0 atom stereocenters. The molecular weight excluding hydrogens is 234 g/mol. The van der Waals surface area contributed by atoms with Gasteiger partial charge in [-0.05, 0) is 6.07 Å². The van der Waals surface area contributed by atoms with E-state index < -0.39 is 5.97 Å². The van der Waals surface area contributed by atoms with Crippen molar-refractivity contribution in [2.24, 2.45) is 0 Å². The fourth-order valence-electron chi connectivity index (χ4n) is 2.19. The first-order valence-electron chi connectivity index (χ1n) is 6.04. The molecule has 0 saturated carbocycles. The molecule has 1 aliphatic heterocycles. The Morgan fingerprint density at radius 3 is 2.71 bits per heavy atom. The molecule has 0 radical (unpaired) electrons. The monoisotopic (exact) mass is 251 g/mol. The highest BCUT2D eigenvalue weighted by molar-refractivity contribution is 7.99. The molecule has 1 aliphatic rings. The van der Waals surface area contributed by atoms with E-state index >= 15 is 0 Å². The van der Waals surface area contributed by atoms with E-state index in [2.05, 4.69) is 0 Å². The van der Waals surface area contributed by atoms with Gasteiger partial charge < -0.3 is 14.8 Å². The highest BCUT2D eigenvalue weighted by atomic mass is 32.2. The predicted molar refractivity (Wildman–Crippen MR) is 66.3 cm³/mol. The fourth-order valence-corrected chi connectivity index (χ4v) is 3.28.